The molecule has 0 spiro atoms. The van der Waals surface area contributed by atoms with Crippen LogP contribution in [0.25, 0.3) is 0 Å². The van der Waals surface area contributed by atoms with Crippen molar-refractivity contribution in [3.63, 3.8) is 0 Å². The molecular weight excluding hydrogens is 490 g/mol. The summed E-state index contributed by atoms with van der Waals surface area (Å²) in [5.41, 5.74) is 0. The minimum absolute atomic E-state index is 0.242. The van der Waals surface area contributed by atoms with Crippen molar-refractivity contribution in [2.75, 3.05) is 5.75 Å². The van der Waals surface area contributed by atoms with Crippen LogP contribution >= 0.6 is 0 Å². The van der Waals surface area contributed by atoms with Gasteiger partial charge < -0.3 is 15.5 Å². The second kappa shape index (κ2) is 23.6. The van der Waals surface area contributed by atoms with Crippen LogP contribution in [0.15, 0.2) is 36.5 Å². The molecule has 7 nitrogen and oxygen atoms in total. The zero-order chi connectivity index (χ0) is 27.8. The van der Waals surface area contributed by atoms with Gasteiger partial charge in [-0.25, -0.2) is 0 Å². The first kappa shape index (κ1) is 35.5. The quantitative estimate of drug-likeness (QED) is 0.0669. The van der Waals surface area contributed by atoms with Crippen LogP contribution in [-0.2, 0) is 14.9 Å². The molecule has 8 heteroatoms. The van der Waals surface area contributed by atoms with Crippen LogP contribution in [0.5, 0.6) is 0 Å². The number of hydrogen-bond acceptors (Lipinski definition) is 5. The average Bonchev–Trinajstić information content (AvgIpc) is 2.84. The van der Waals surface area contributed by atoms with E-state index in [-0.39, 0.29) is 6.42 Å². The lowest BCUT2D eigenvalue weighted by Gasteiger charge is -2.22. The highest BCUT2D eigenvalue weighted by molar-refractivity contribution is 7.85. The maximum Gasteiger partial charge on any atom is 0.267 e. The van der Waals surface area contributed by atoms with Crippen LogP contribution in [0.4, 0.5) is 0 Å². The maximum absolute atomic E-state index is 12.4. The van der Waals surface area contributed by atoms with Gasteiger partial charge in [-0.15, -0.1) is 0 Å². The first-order chi connectivity index (χ1) is 17.7. The van der Waals surface area contributed by atoms with Gasteiger partial charge in [0, 0.05) is 0 Å². The fourth-order valence-corrected chi connectivity index (χ4v) is 4.59. The van der Waals surface area contributed by atoms with Crippen molar-refractivity contribution < 1.29 is 28.0 Å². The van der Waals surface area contributed by atoms with E-state index in [9.17, 15) is 28.0 Å². The van der Waals surface area contributed by atoms with Gasteiger partial charge in [-0.3, -0.25) is 9.35 Å². The Bertz CT molecular complexity index is 747. The van der Waals surface area contributed by atoms with Crippen LogP contribution < -0.4 is 5.32 Å². The molecule has 0 saturated carbocycles. The summed E-state index contributed by atoms with van der Waals surface area (Å²) < 4.78 is 32.0. The molecule has 0 aliphatic carbocycles. The second-order valence-corrected chi connectivity index (χ2v) is 11.3. The van der Waals surface area contributed by atoms with Crippen LogP contribution in [0.1, 0.15) is 117 Å². The summed E-state index contributed by atoms with van der Waals surface area (Å²) in [5, 5.41) is 23.0. The normalized spacial score (nSPS) is 15.1. The summed E-state index contributed by atoms with van der Waals surface area (Å²) in [6.07, 6.45) is 25.2. The number of aliphatic hydroxyl groups excluding tert-OH is 2. The van der Waals surface area contributed by atoms with Gasteiger partial charge in [0.2, 0.25) is 5.91 Å². The van der Waals surface area contributed by atoms with E-state index in [0.29, 0.717) is 12.8 Å². The highest BCUT2D eigenvalue weighted by Gasteiger charge is 2.27. The van der Waals surface area contributed by atoms with Crippen LogP contribution in [0, 0.1) is 0 Å². The van der Waals surface area contributed by atoms with Gasteiger partial charge in [0.15, 0.2) is 0 Å². The smallest absolute Gasteiger partial charge is 0.267 e. The van der Waals surface area contributed by atoms with Crippen molar-refractivity contribution in [2.45, 2.75) is 135 Å². The Morgan fingerprint density at radius 3 is 1.86 bits per heavy atom. The second-order valence-electron chi connectivity index (χ2n) is 9.80. The van der Waals surface area contributed by atoms with Gasteiger partial charge in [-0.2, -0.15) is 8.42 Å². The molecule has 0 radical (unpaired) electrons. The van der Waals surface area contributed by atoms with Gasteiger partial charge >= 0.3 is 0 Å². The van der Waals surface area contributed by atoms with Gasteiger partial charge in [0.25, 0.3) is 10.1 Å². The topological polar surface area (TPSA) is 124 Å². The molecule has 0 bridgehead atoms. The molecule has 0 aromatic heterocycles. The molecule has 0 aromatic rings. The number of aliphatic hydroxyl groups is 2. The maximum atomic E-state index is 12.4. The number of carbonyl (C=O) groups is 1. The van der Waals surface area contributed by atoms with Crippen LogP contribution in [0.3, 0.4) is 0 Å². The lowest BCUT2D eigenvalue weighted by atomic mass is 10.1. The lowest BCUT2D eigenvalue weighted by molar-refractivity contribution is -0.130. The van der Waals surface area contributed by atoms with E-state index in [4.69, 9.17) is 0 Å². The van der Waals surface area contributed by atoms with E-state index in [1.807, 2.05) is 0 Å². The molecule has 0 aliphatic heterocycles. The van der Waals surface area contributed by atoms with Crippen molar-refractivity contribution in [2.24, 2.45) is 0 Å². The first-order valence-electron chi connectivity index (χ1n) is 14.3. The van der Waals surface area contributed by atoms with Crippen molar-refractivity contribution >= 4 is 16.0 Å². The Kier molecular flexibility index (Phi) is 22.7. The third-order valence-electron chi connectivity index (χ3n) is 6.15. The first-order valence-corrected chi connectivity index (χ1v) is 15.9. The SMILES string of the molecule is CCCC/C=C/CC/C=C/C(O)C(CS(=O)(=O)O)NC(=O)C(O)CCCC/C=C\CCCCCCCC. The van der Waals surface area contributed by atoms with Crippen molar-refractivity contribution in [1.82, 2.24) is 5.32 Å². The van der Waals surface area contributed by atoms with E-state index in [1.165, 1.54) is 44.6 Å². The number of rotatable bonds is 24. The predicted octanol–water partition coefficient (Wildman–Crippen LogP) is 6.03. The molecular formula is C29H53NO6S. The largest absolute Gasteiger partial charge is 0.387 e. The standard InChI is InChI=1S/C29H53NO6S/c1-3-5-7-9-11-13-14-15-16-18-20-22-24-28(32)29(33)30-26(25-37(34,35)36)27(31)23-21-19-17-12-10-8-6-4-2/h10,12,15-16,21,23,26-28,31-32H,3-9,11,13-14,17-20,22,24-25H2,1-2H3,(H,30,33)(H,34,35,36)/b12-10+,16-15-,23-21+. The number of unbranched alkanes of at least 4 members (excludes halogenated alkanes) is 11. The molecule has 37 heavy (non-hydrogen) atoms. The minimum Gasteiger partial charge on any atom is -0.387 e. The average molecular weight is 544 g/mol. The number of hydrogen-bond donors (Lipinski definition) is 4. The third kappa shape index (κ3) is 23.4. The number of nitrogens with one attached hydrogen (secondary N) is 1. The monoisotopic (exact) mass is 543 g/mol. The summed E-state index contributed by atoms with van der Waals surface area (Å²) in [4.78, 5) is 12.4. The summed E-state index contributed by atoms with van der Waals surface area (Å²) in [6.45, 7) is 4.35. The van der Waals surface area contributed by atoms with Crippen molar-refractivity contribution in [1.29, 1.82) is 0 Å². The number of carbonyl (C=O) groups excluding carboxylic acids is 1. The summed E-state index contributed by atoms with van der Waals surface area (Å²) in [7, 11) is -4.44. The zero-order valence-corrected chi connectivity index (χ0v) is 24.0. The van der Waals surface area contributed by atoms with E-state index in [0.717, 1.165) is 44.9 Å². The fourth-order valence-electron chi connectivity index (χ4n) is 3.86. The summed E-state index contributed by atoms with van der Waals surface area (Å²) in [5.74, 6) is -1.59. The summed E-state index contributed by atoms with van der Waals surface area (Å²) >= 11 is 0. The molecule has 0 aliphatic rings. The fraction of sp³-hybridized carbons (Fsp3) is 0.759. The van der Waals surface area contributed by atoms with E-state index >= 15 is 0 Å². The van der Waals surface area contributed by atoms with E-state index in [2.05, 4.69) is 43.5 Å². The lowest BCUT2D eigenvalue weighted by Crippen LogP contribution is -2.50. The molecule has 0 heterocycles. The Morgan fingerprint density at radius 1 is 0.730 bits per heavy atom. The van der Waals surface area contributed by atoms with Gasteiger partial charge in [0.1, 0.15) is 6.10 Å². The highest BCUT2D eigenvalue weighted by atomic mass is 32.2. The Morgan fingerprint density at radius 2 is 1.24 bits per heavy atom. The molecule has 3 atom stereocenters. The zero-order valence-electron chi connectivity index (χ0n) is 23.2. The highest BCUT2D eigenvalue weighted by Crippen LogP contribution is 2.10. The molecule has 1 amide bonds. The molecule has 216 valence electrons. The Hall–Kier alpha value is -1.48. The molecule has 0 aromatic carbocycles. The Labute approximate surface area is 226 Å². The van der Waals surface area contributed by atoms with Crippen molar-refractivity contribution in [3.05, 3.63) is 36.5 Å². The summed E-state index contributed by atoms with van der Waals surface area (Å²) in [6, 6.07) is -1.25. The molecule has 3 unspecified atom stereocenters. The van der Waals surface area contributed by atoms with Gasteiger partial charge in [-0.1, -0.05) is 102 Å². The third-order valence-corrected chi connectivity index (χ3v) is 6.93. The van der Waals surface area contributed by atoms with Crippen LogP contribution in [-0.4, -0.2) is 53.1 Å². The van der Waals surface area contributed by atoms with E-state index < -0.39 is 40.0 Å². The molecule has 0 saturated heterocycles. The molecule has 4 N–H and O–H groups in total. The number of amides is 1. The van der Waals surface area contributed by atoms with E-state index in [1.54, 1.807) is 6.08 Å². The van der Waals surface area contributed by atoms with Crippen molar-refractivity contribution in [3.8, 4) is 0 Å². The molecule has 0 fully saturated rings. The number of allylic oxidation sites excluding steroid dienone is 5. The van der Waals surface area contributed by atoms with Gasteiger partial charge in [0.05, 0.1) is 17.9 Å². The molecule has 0 rings (SSSR count). The Balaban J connectivity index is 4.36. The minimum atomic E-state index is -4.44. The van der Waals surface area contributed by atoms with Gasteiger partial charge in [-0.05, 0) is 51.4 Å². The predicted molar refractivity (Wildman–Crippen MR) is 153 cm³/mol. The van der Waals surface area contributed by atoms with Crippen LogP contribution in [0.2, 0.25) is 0 Å².